The molecule has 1 heterocycles. The average molecular weight is 399 g/mol. The van der Waals surface area contributed by atoms with Crippen LogP contribution in [0.4, 0.5) is 5.69 Å². The first-order chi connectivity index (χ1) is 13.4. The summed E-state index contributed by atoms with van der Waals surface area (Å²) in [5.74, 6) is -0.0246. The number of Topliss-reactive ketones (excluding diaryl/α,β-unsaturated/α-hetero) is 1. The van der Waals surface area contributed by atoms with E-state index in [9.17, 15) is 9.59 Å². The number of benzene rings is 2. The second kappa shape index (κ2) is 9.24. The first-order valence-corrected chi connectivity index (χ1v) is 10.3. The van der Waals surface area contributed by atoms with E-state index in [1.165, 1.54) is 26.2 Å². The molecule has 1 atom stereocenters. The summed E-state index contributed by atoms with van der Waals surface area (Å²) < 4.78 is 0. The lowest BCUT2D eigenvalue weighted by molar-refractivity contribution is -0.121. The molecule has 2 aromatic carbocycles. The van der Waals surface area contributed by atoms with Crippen molar-refractivity contribution in [3.8, 4) is 0 Å². The molecule has 0 spiro atoms. The number of hydrogen-bond acceptors (Lipinski definition) is 3. The van der Waals surface area contributed by atoms with Crippen LogP contribution in [0.5, 0.6) is 0 Å². The maximum absolute atomic E-state index is 12.6. The van der Waals surface area contributed by atoms with E-state index in [4.69, 9.17) is 11.6 Å². The van der Waals surface area contributed by atoms with Crippen LogP contribution in [0.25, 0.3) is 0 Å². The number of carbonyl (C=O) groups is 2. The molecule has 1 fully saturated rings. The fourth-order valence-electron chi connectivity index (χ4n) is 3.71. The van der Waals surface area contributed by atoms with Gasteiger partial charge in [-0.25, -0.2) is 0 Å². The Balaban J connectivity index is 1.69. The van der Waals surface area contributed by atoms with Gasteiger partial charge >= 0.3 is 0 Å². The van der Waals surface area contributed by atoms with E-state index in [2.05, 4.69) is 16.3 Å². The third-order valence-electron chi connectivity index (χ3n) is 5.26. The number of piperidine rings is 1. The molecule has 1 saturated heterocycles. The lowest BCUT2D eigenvalue weighted by Crippen LogP contribution is -2.33. The SMILES string of the molecule is CC(=O)c1ccc(CC(=O)NC(C)c2cc(Cl)ccc2N2CCCCC2)cc1. The number of rotatable bonds is 6. The normalized spacial score (nSPS) is 15.2. The van der Waals surface area contributed by atoms with Gasteiger partial charge in [-0.05, 0) is 62.4 Å². The molecule has 3 rings (SSSR count). The Morgan fingerprint density at radius 1 is 1.07 bits per heavy atom. The first-order valence-electron chi connectivity index (χ1n) is 9.87. The third-order valence-corrected chi connectivity index (χ3v) is 5.49. The van der Waals surface area contributed by atoms with Crippen LogP contribution < -0.4 is 10.2 Å². The van der Waals surface area contributed by atoms with Gasteiger partial charge in [-0.15, -0.1) is 0 Å². The number of halogens is 1. The Kier molecular flexibility index (Phi) is 6.74. The second-order valence-electron chi connectivity index (χ2n) is 7.47. The van der Waals surface area contributed by atoms with Crippen molar-refractivity contribution in [2.24, 2.45) is 0 Å². The minimum Gasteiger partial charge on any atom is -0.371 e. The molecule has 5 heteroatoms. The van der Waals surface area contributed by atoms with Gasteiger partial charge in [-0.1, -0.05) is 35.9 Å². The molecule has 0 aliphatic carbocycles. The zero-order valence-electron chi connectivity index (χ0n) is 16.5. The van der Waals surface area contributed by atoms with Crippen LogP contribution in [0, 0.1) is 0 Å². The molecule has 4 nitrogen and oxygen atoms in total. The van der Waals surface area contributed by atoms with Crippen molar-refractivity contribution in [1.29, 1.82) is 0 Å². The van der Waals surface area contributed by atoms with Gasteiger partial charge < -0.3 is 10.2 Å². The summed E-state index contributed by atoms with van der Waals surface area (Å²) in [6, 6.07) is 13.0. The number of nitrogens with one attached hydrogen (secondary N) is 1. The maximum atomic E-state index is 12.6. The molecule has 1 unspecified atom stereocenters. The van der Waals surface area contributed by atoms with E-state index < -0.39 is 0 Å². The highest BCUT2D eigenvalue weighted by molar-refractivity contribution is 6.30. The Morgan fingerprint density at radius 3 is 2.39 bits per heavy atom. The van der Waals surface area contributed by atoms with Gasteiger partial charge in [-0.2, -0.15) is 0 Å². The molecule has 148 valence electrons. The van der Waals surface area contributed by atoms with Gasteiger partial charge in [0.05, 0.1) is 12.5 Å². The summed E-state index contributed by atoms with van der Waals surface area (Å²) in [5.41, 5.74) is 3.75. The fourth-order valence-corrected chi connectivity index (χ4v) is 3.89. The lowest BCUT2D eigenvalue weighted by atomic mass is 10.0. The molecule has 0 saturated carbocycles. The fraction of sp³-hybridized carbons (Fsp3) is 0.391. The summed E-state index contributed by atoms with van der Waals surface area (Å²) in [6.07, 6.45) is 3.94. The average Bonchev–Trinajstić information content (AvgIpc) is 2.69. The van der Waals surface area contributed by atoms with Crippen LogP contribution in [0.1, 0.15) is 60.6 Å². The quantitative estimate of drug-likeness (QED) is 0.700. The molecule has 1 N–H and O–H groups in total. The van der Waals surface area contributed by atoms with Crippen LogP contribution in [0.2, 0.25) is 5.02 Å². The van der Waals surface area contributed by atoms with E-state index in [1.807, 2.05) is 31.2 Å². The van der Waals surface area contributed by atoms with Crippen molar-refractivity contribution in [3.05, 3.63) is 64.2 Å². The van der Waals surface area contributed by atoms with Gasteiger partial charge in [0.2, 0.25) is 5.91 Å². The standard InChI is InChI=1S/C23H27ClN2O2/c1-16(25-23(28)14-18-6-8-19(9-7-18)17(2)27)21-15-20(24)10-11-22(21)26-12-4-3-5-13-26/h6-11,15-16H,3-5,12-14H2,1-2H3,(H,25,28). The summed E-state index contributed by atoms with van der Waals surface area (Å²) >= 11 is 6.25. The monoisotopic (exact) mass is 398 g/mol. The Hall–Kier alpha value is -2.33. The number of amides is 1. The highest BCUT2D eigenvalue weighted by Crippen LogP contribution is 2.31. The van der Waals surface area contributed by atoms with Crippen molar-refractivity contribution in [3.63, 3.8) is 0 Å². The van der Waals surface area contributed by atoms with Crippen molar-refractivity contribution >= 4 is 29.0 Å². The molecular weight excluding hydrogens is 372 g/mol. The Bertz CT molecular complexity index is 842. The van der Waals surface area contributed by atoms with Crippen LogP contribution in [0.3, 0.4) is 0 Å². The maximum Gasteiger partial charge on any atom is 0.224 e. The van der Waals surface area contributed by atoms with Crippen molar-refractivity contribution in [1.82, 2.24) is 5.32 Å². The van der Waals surface area contributed by atoms with E-state index in [0.29, 0.717) is 10.6 Å². The predicted octanol–water partition coefficient (Wildman–Crippen LogP) is 4.95. The van der Waals surface area contributed by atoms with Crippen LogP contribution in [-0.2, 0) is 11.2 Å². The molecule has 0 bridgehead atoms. The number of anilines is 1. The summed E-state index contributed by atoms with van der Waals surface area (Å²) in [7, 11) is 0. The Labute approximate surface area is 171 Å². The molecule has 1 aliphatic rings. The summed E-state index contributed by atoms with van der Waals surface area (Å²) in [4.78, 5) is 26.3. The van der Waals surface area contributed by atoms with Crippen LogP contribution in [0.15, 0.2) is 42.5 Å². The van der Waals surface area contributed by atoms with Gasteiger partial charge in [-0.3, -0.25) is 9.59 Å². The van der Waals surface area contributed by atoms with Gasteiger partial charge in [0.15, 0.2) is 5.78 Å². The summed E-state index contributed by atoms with van der Waals surface area (Å²) in [6.45, 7) is 5.61. The van der Waals surface area contributed by atoms with Crippen LogP contribution in [-0.4, -0.2) is 24.8 Å². The van der Waals surface area contributed by atoms with E-state index in [0.717, 1.165) is 29.9 Å². The zero-order valence-corrected chi connectivity index (χ0v) is 17.3. The topological polar surface area (TPSA) is 49.4 Å². The third kappa shape index (κ3) is 5.14. The first kappa shape index (κ1) is 20.4. The van der Waals surface area contributed by atoms with Crippen LogP contribution >= 0.6 is 11.6 Å². The largest absolute Gasteiger partial charge is 0.371 e. The molecular formula is C23H27ClN2O2. The van der Waals surface area contributed by atoms with E-state index in [1.54, 1.807) is 12.1 Å². The van der Waals surface area contributed by atoms with E-state index in [-0.39, 0.29) is 24.2 Å². The van der Waals surface area contributed by atoms with Crippen molar-refractivity contribution in [2.75, 3.05) is 18.0 Å². The zero-order chi connectivity index (χ0) is 20.1. The minimum absolute atomic E-state index is 0.0239. The summed E-state index contributed by atoms with van der Waals surface area (Å²) in [5, 5.41) is 3.78. The molecule has 1 aliphatic heterocycles. The highest BCUT2D eigenvalue weighted by atomic mass is 35.5. The predicted molar refractivity (Wildman–Crippen MR) is 114 cm³/mol. The van der Waals surface area contributed by atoms with Crippen molar-refractivity contribution in [2.45, 2.75) is 45.6 Å². The number of carbonyl (C=O) groups excluding carboxylic acids is 2. The molecule has 2 aromatic rings. The number of nitrogens with zero attached hydrogens (tertiary/aromatic N) is 1. The molecule has 28 heavy (non-hydrogen) atoms. The van der Waals surface area contributed by atoms with Gasteiger partial charge in [0.1, 0.15) is 0 Å². The second-order valence-corrected chi connectivity index (χ2v) is 7.91. The Morgan fingerprint density at radius 2 is 1.75 bits per heavy atom. The smallest absolute Gasteiger partial charge is 0.224 e. The van der Waals surface area contributed by atoms with Gasteiger partial charge in [0.25, 0.3) is 0 Å². The number of hydrogen-bond donors (Lipinski definition) is 1. The lowest BCUT2D eigenvalue weighted by Gasteiger charge is -2.32. The van der Waals surface area contributed by atoms with Gasteiger partial charge in [0, 0.05) is 29.4 Å². The van der Waals surface area contributed by atoms with Crippen molar-refractivity contribution < 1.29 is 9.59 Å². The van der Waals surface area contributed by atoms with E-state index >= 15 is 0 Å². The minimum atomic E-state index is -0.139. The highest BCUT2D eigenvalue weighted by Gasteiger charge is 2.19. The number of ketones is 1. The molecule has 0 aromatic heterocycles. The molecule has 1 amide bonds. The molecule has 0 radical (unpaired) electrons.